The Labute approximate surface area is 102 Å². The summed E-state index contributed by atoms with van der Waals surface area (Å²) in [5, 5.41) is 3.33. The normalized spacial score (nSPS) is 19.5. The molecule has 1 fully saturated rings. The smallest absolute Gasteiger partial charge is 0.00748 e. The van der Waals surface area contributed by atoms with Gasteiger partial charge in [-0.1, -0.05) is 6.07 Å². The first kappa shape index (κ1) is 10.7. The molecular weight excluding hydrogens is 214 g/mol. The van der Waals surface area contributed by atoms with Crippen LogP contribution in [0.5, 0.6) is 0 Å². The predicted octanol–water partition coefficient (Wildman–Crippen LogP) is 2.88. The van der Waals surface area contributed by atoms with E-state index in [9.17, 15) is 0 Å². The molecule has 0 radical (unpaired) electrons. The zero-order chi connectivity index (χ0) is 10.8. The summed E-state index contributed by atoms with van der Waals surface area (Å²) in [6.07, 6.45) is 5.33. The van der Waals surface area contributed by atoms with Gasteiger partial charge in [0.25, 0.3) is 0 Å². The number of fused-ring (bicyclic) bond motifs is 1. The highest BCUT2D eigenvalue weighted by Crippen LogP contribution is 2.28. The van der Waals surface area contributed by atoms with Crippen molar-refractivity contribution in [3.8, 4) is 0 Å². The van der Waals surface area contributed by atoms with Crippen molar-refractivity contribution in [1.29, 1.82) is 0 Å². The summed E-state index contributed by atoms with van der Waals surface area (Å²) in [5.41, 5.74) is 3.20. The van der Waals surface area contributed by atoms with Crippen LogP contribution in [0.2, 0.25) is 0 Å². The molecule has 1 nitrogen and oxygen atoms in total. The molecule has 3 rings (SSSR count). The monoisotopic (exact) mass is 233 g/mol. The van der Waals surface area contributed by atoms with E-state index in [-0.39, 0.29) is 0 Å². The number of hydrogen-bond acceptors (Lipinski definition) is 2. The predicted molar refractivity (Wildman–Crippen MR) is 70.2 cm³/mol. The maximum Gasteiger partial charge on any atom is 0.00748 e. The van der Waals surface area contributed by atoms with Crippen LogP contribution in [0.1, 0.15) is 24.0 Å². The minimum Gasteiger partial charge on any atom is -0.316 e. The first-order chi connectivity index (χ1) is 7.92. The fraction of sp³-hybridized carbons (Fsp3) is 0.571. The van der Waals surface area contributed by atoms with Gasteiger partial charge in [0.1, 0.15) is 0 Å². The van der Waals surface area contributed by atoms with Crippen LogP contribution in [0.4, 0.5) is 0 Å². The lowest BCUT2D eigenvalue weighted by Gasteiger charge is -2.26. The molecule has 1 aromatic carbocycles. The fourth-order valence-electron chi connectivity index (χ4n) is 2.53. The summed E-state index contributed by atoms with van der Waals surface area (Å²) in [7, 11) is 0. The van der Waals surface area contributed by atoms with Crippen LogP contribution in [0.25, 0.3) is 0 Å². The van der Waals surface area contributed by atoms with Crippen molar-refractivity contribution < 1.29 is 0 Å². The van der Waals surface area contributed by atoms with Crippen molar-refractivity contribution in [1.82, 2.24) is 5.32 Å². The molecule has 86 valence electrons. The van der Waals surface area contributed by atoms with Crippen molar-refractivity contribution in [3.05, 3.63) is 29.3 Å². The molecule has 0 amide bonds. The Balaban J connectivity index is 1.53. The Kier molecular flexibility index (Phi) is 3.20. The van der Waals surface area contributed by atoms with Crippen molar-refractivity contribution in [2.75, 3.05) is 18.8 Å². The van der Waals surface area contributed by atoms with Gasteiger partial charge in [0.2, 0.25) is 0 Å². The zero-order valence-corrected chi connectivity index (χ0v) is 10.5. The zero-order valence-electron chi connectivity index (χ0n) is 9.67. The molecule has 2 aliphatic rings. The van der Waals surface area contributed by atoms with Gasteiger partial charge in [-0.2, -0.15) is 0 Å². The van der Waals surface area contributed by atoms with Gasteiger partial charge in [-0.25, -0.2) is 0 Å². The van der Waals surface area contributed by atoms with Gasteiger partial charge in [-0.15, -0.1) is 11.8 Å². The van der Waals surface area contributed by atoms with Gasteiger partial charge >= 0.3 is 0 Å². The molecule has 0 bridgehead atoms. The highest BCUT2D eigenvalue weighted by atomic mass is 32.2. The van der Waals surface area contributed by atoms with Crippen LogP contribution in [0.15, 0.2) is 23.1 Å². The standard InChI is InChI=1S/C14H19NS/c1-2-12-4-5-14(8-13(12)3-1)16-7-6-11-9-15-10-11/h4-5,8,11,15H,1-3,6-7,9-10H2. The number of rotatable bonds is 4. The van der Waals surface area contributed by atoms with Crippen molar-refractivity contribution in [2.24, 2.45) is 5.92 Å². The average molecular weight is 233 g/mol. The summed E-state index contributed by atoms with van der Waals surface area (Å²) in [6.45, 7) is 2.48. The van der Waals surface area contributed by atoms with Crippen LogP contribution in [-0.4, -0.2) is 18.8 Å². The Hall–Kier alpha value is -0.470. The van der Waals surface area contributed by atoms with E-state index >= 15 is 0 Å². The first-order valence-corrected chi connectivity index (χ1v) is 7.36. The molecule has 1 N–H and O–H groups in total. The van der Waals surface area contributed by atoms with Crippen LogP contribution >= 0.6 is 11.8 Å². The molecule has 0 saturated carbocycles. The van der Waals surface area contributed by atoms with E-state index in [0.717, 1.165) is 5.92 Å². The van der Waals surface area contributed by atoms with Crippen molar-refractivity contribution >= 4 is 11.8 Å². The maximum atomic E-state index is 3.33. The molecule has 0 aromatic heterocycles. The highest BCUT2D eigenvalue weighted by molar-refractivity contribution is 7.99. The topological polar surface area (TPSA) is 12.0 Å². The summed E-state index contributed by atoms with van der Waals surface area (Å²) in [6, 6.07) is 7.08. The van der Waals surface area contributed by atoms with Gasteiger partial charge in [-0.05, 0) is 73.7 Å². The largest absolute Gasteiger partial charge is 0.316 e. The number of hydrogen-bond donors (Lipinski definition) is 1. The summed E-state index contributed by atoms with van der Waals surface area (Å²) in [5.74, 6) is 2.23. The van der Waals surface area contributed by atoms with Gasteiger partial charge in [-0.3, -0.25) is 0 Å². The molecule has 1 heterocycles. The molecule has 2 heteroatoms. The third kappa shape index (κ3) is 2.28. The lowest BCUT2D eigenvalue weighted by Crippen LogP contribution is -2.42. The lowest BCUT2D eigenvalue weighted by molar-refractivity contribution is 0.341. The minimum atomic E-state index is 0.946. The van der Waals surface area contributed by atoms with Crippen molar-refractivity contribution in [2.45, 2.75) is 30.6 Å². The molecule has 1 aliphatic heterocycles. The average Bonchev–Trinajstić information content (AvgIpc) is 2.68. The van der Waals surface area contributed by atoms with E-state index in [1.54, 1.807) is 11.1 Å². The molecule has 1 aromatic rings. The van der Waals surface area contributed by atoms with E-state index < -0.39 is 0 Å². The van der Waals surface area contributed by atoms with Gasteiger partial charge in [0.15, 0.2) is 0 Å². The maximum absolute atomic E-state index is 3.33. The molecule has 0 spiro atoms. The quantitative estimate of drug-likeness (QED) is 0.803. The fourth-order valence-corrected chi connectivity index (χ4v) is 3.61. The Bertz CT molecular complexity index is 371. The molecule has 16 heavy (non-hydrogen) atoms. The highest BCUT2D eigenvalue weighted by Gasteiger charge is 2.16. The first-order valence-electron chi connectivity index (χ1n) is 6.37. The van der Waals surface area contributed by atoms with Crippen LogP contribution in [0.3, 0.4) is 0 Å². The number of benzene rings is 1. The number of nitrogens with one attached hydrogen (secondary N) is 1. The van der Waals surface area contributed by atoms with Gasteiger partial charge in [0.05, 0.1) is 0 Å². The van der Waals surface area contributed by atoms with E-state index in [4.69, 9.17) is 0 Å². The summed E-state index contributed by atoms with van der Waals surface area (Å²) >= 11 is 2.04. The third-order valence-electron chi connectivity index (χ3n) is 3.73. The van der Waals surface area contributed by atoms with Crippen LogP contribution in [-0.2, 0) is 12.8 Å². The van der Waals surface area contributed by atoms with Gasteiger partial charge in [0, 0.05) is 4.90 Å². The van der Waals surface area contributed by atoms with Crippen LogP contribution in [0, 0.1) is 5.92 Å². The molecule has 1 aliphatic carbocycles. The van der Waals surface area contributed by atoms with E-state index in [1.807, 2.05) is 11.8 Å². The summed E-state index contributed by atoms with van der Waals surface area (Å²) in [4.78, 5) is 1.48. The Morgan fingerprint density at radius 1 is 1.19 bits per heavy atom. The van der Waals surface area contributed by atoms with E-state index in [0.29, 0.717) is 0 Å². The lowest BCUT2D eigenvalue weighted by atomic mass is 10.0. The van der Waals surface area contributed by atoms with Crippen LogP contribution < -0.4 is 5.32 Å². The molecule has 1 saturated heterocycles. The van der Waals surface area contributed by atoms with E-state index in [1.165, 1.54) is 49.4 Å². The number of aryl methyl sites for hydroxylation is 2. The SMILES string of the molecule is c1cc2c(cc1SCCC1CNC1)CCC2. The Morgan fingerprint density at radius 3 is 2.88 bits per heavy atom. The van der Waals surface area contributed by atoms with E-state index in [2.05, 4.69) is 23.5 Å². The molecule has 0 atom stereocenters. The second kappa shape index (κ2) is 4.80. The van der Waals surface area contributed by atoms with Crippen molar-refractivity contribution in [3.63, 3.8) is 0 Å². The molecular formula is C14H19NS. The summed E-state index contributed by atoms with van der Waals surface area (Å²) < 4.78 is 0. The number of thioether (sulfide) groups is 1. The third-order valence-corrected chi connectivity index (χ3v) is 4.76. The van der Waals surface area contributed by atoms with Gasteiger partial charge < -0.3 is 5.32 Å². The second-order valence-electron chi connectivity index (χ2n) is 4.95. The minimum absolute atomic E-state index is 0.946. The molecule has 0 unspecified atom stereocenters. The Morgan fingerprint density at radius 2 is 2.06 bits per heavy atom. The second-order valence-corrected chi connectivity index (χ2v) is 6.11.